The van der Waals surface area contributed by atoms with Gasteiger partial charge in [-0.05, 0) is 20.3 Å². The molecule has 0 aromatic carbocycles. The van der Waals surface area contributed by atoms with Gasteiger partial charge >= 0.3 is 0 Å². The molecule has 1 heterocycles. The van der Waals surface area contributed by atoms with Crippen LogP contribution in [0.2, 0.25) is 0 Å². The molecule has 0 amide bonds. The minimum absolute atomic E-state index is 0.425. The van der Waals surface area contributed by atoms with Gasteiger partial charge in [-0.1, -0.05) is 12.1 Å². The number of hydrogen-bond donors (Lipinski definition) is 0. The largest absolute Gasteiger partial charge is 0.367 e. The summed E-state index contributed by atoms with van der Waals surface area (Å²) < 4.78 is 10.8. The van der Waals surface area contributed by atoms with Crippen LogP contribution < -0.4 is 0 Å². The van der Waals surface area contributed by atoms with Crippen LogP contribution in [0, 0.1) is 11.3 Å². The highest BCUT2D eigenvalue weighted by atomic mass is 32.2. The fourth-order valence-corrected chi connectivity index (χ4v) is 1.84. The van der Waals surface area contributed by atoms with Gasteiger partial charge in [0.25, 0.3) is 0 Å². The molecule has 0 N–H and O–H groups in total. The van der Waals surface area contributed by atoms with Crippen LogP contribution in [0.3, 0.4) is 0 Å². The van der Waals surface area contributed by atoms with Crippen molar-refractivity contribution < 1.29 is 9.26 Å². The predicted octanol–water partition coefficient (Wildman–Crippen LogP) is 2.49. The van der Waals surface area contributed by atoms with E-state index in [4.69, 9.17) is 14.5 Å². The second-order valence-electron chi connectivity index (χ2n) is 3.68. The van der Waals surface area contributed by atoms with E-state index in [1.165, 1.54) is 11.8 Å². The fourth-order valence-electron chi connectivity index (χ4n) is 1.36. The first-order valence-corrected chi connectivity index (χ1v) is 6.73. The van der Waals surface area contributed by atoms with Gasteiger partial charge in [0, 0.05) is 6.61 Å². The summed E-state index contributed by atoms with van der Waals surface area (Å²) in [5.74, 6) is 2.11. The molecule has 0 aliphatic rings. The number of aromatic nitrogens is 2. The molecule has 0 saturated heterocycles. The molecular formula is C11H17N3O2S. The molecule has 6 heteroatoms. The maximum atomic E-state index is 8.43. The Hall–Kier alpha value is -1.06. The second kappa shape index (κ2) is 6.62. The Morgan fingerprint density at radius 3 is 2.88 bits per heavy atom. The maximum absolute atomic E-state index is 8.43. The standard InChI is InChI=1S/C11H17N3O2S/c1-4-11(3,15-5-2)10-13-9(16-14-10)8-17-7-6-12/h4-5,7-8H2,1-3H3. The third-order valence-electron chi connectivity index (χ3n) is 2.47. The molecule has 0 aliphatic heterocycles. The quantitative estimate of drug-likeness (QED) is 0.697. The minimum atomic E-state index is -0.490. The normalized spacial score (nSPS) is 14.2. The minimum Gasteiger partial charge on any atom is -0.367 e. The monoisotopic (exact) mass is 255 g/mol. The summed E-state index contributed by atoms with van der Waals surface area (Å²) in [4.78, 5) is 4.31. The molecule has 94 valence electrons. The lowest BCUT2D eigenvalue weighted by Crippen LogP contribution is -2.26. The fraction of sp³-hybridized carbons (Fsp3) is 0.727. The molecule has 0 radical (unpaired) electrons. The van der Waals surface area contributed by atoms with Crippen LogP contribution in [0.4, 0.5) is 0 Å². The smallest absolute Gasteiger partial charge is 0.236 e. The van der Waals surface area contributed by atoms with E-state index < -0.39 is 5.60 Å². The van der Waals surface area contributed by atoms with Crippen molar-refractivity contribution in [1.29, 1.82) is 5.26 Å². The van der Waals surface area contributed by atoms with Crippen molar-refractivity contribution in [1.82, 2.24) is 10.1 Å². The van der Waals surface area contributed by atoms with Gasteiger partial charge in [-0.3, -0.25) is 0 Å². The van der Waals surface area contributed by atoms with Crippen LogP contribution in [-0.2, 0) is 16.1 Å². The van der Waals surface area contributed by atoms with Crippen LogP contribution in [-0.4, -0.2) is 22.5 Å². The van der Waals surface area contributed by atoms with Gasteiger partial charge in [-0.25, -0.2) is 0 Å². The van der Waals surface area contributed by atoms with E-state index in [1.807, 2.05) is 20.8 Å². The molecule has 1 aromatic rings. The average molecular weight is 255 g/mol. The first kappa shape index (κ1) is 14.0. The summed E-state index contributed by atoms with van der Waals surface area (Å²) in [6.07, 6.45) is 0.783. The van der Waals surface area contributed by atoms with Crippen LogP contribution in [0.15, 0.2) is 4.52 Å². The molecule has 1 aromatic heterocycles. The average Bonchev–Trinajstić information content (AvgIpc) is 2.79. The molecule has 0 saturated carbocycles. The number of nitriles is 1. The van der Waals surface area contributed by atoms with Crippen molar-refractivity contribution in [3.63, 3.8) is 0 Å². The molecule has 17 heavy (non-hydrogen) atoms. The number of ether oxygens (including phenoxy) is 1. The molecule has 5 nitrogen and oxygen atoms in total. The summed E-state index contributed by atoms with van der Waals surface area (Å²) in [5.41, 5.74) is -0.490. The SMILES string of the molecule is CCOC(C)(CC)c1noc(CSCC#N)n1. The van der Waals surface area contributed by atoms with Crippen molar-refractivity contribution in [2.75, 3.05) is 12.4 Å². The number of nitrogens with zero attached hydrogens (tertiary/aromatic N) is 3. The van der Waals surface area contributed by atoms with Crippen molar-refractivity contribution in [2.45, 2.75) is 38.5 Å². The highest BCUT2D eigenvalue weighted by Gasteiger charge is 2.30. The van der Waals surface area contributed by atoms with E-state index in [0.29, 0.717) is 29.8 Å². The Bertz CT molecular complexity index is 388. The topological polar surface area (TPSA) is 71.9 Å². The van der Waals surface area contributed by atoms with Gasteiger partial charge in [-0.2, -0.15) is 10.2 Å². The number of rotatable bonds is 7. The molecule has 0 spiro atoms. The molecule has 0 fully saturated rings. The molecular weight excluding hydrogens is 238 g/mol. The van der Waals surface area contributed by atoms with E-state index in [9.17, 15) is 0 Å². The summed E-state index contributed by atoms with van der Waals surface area (Å²) in [5, 5.41) is 12.4. The van der Waals surface area contributed by atoms with Crippen LogP contribution >= 0.6 is 11.8 Å². The van der Waals surface area contributed by atoms with Crippen LogP contribution in [0.5, 0.6) is 0 Å². The highest BCUT2D eigenvalue weighted by Crippen LogP contribution is 2.26. The lowest BCUT2D eigenvalue weighted by molar-refractivity contribution is -0.0403. The first-order valence-electron chi connectivity index (χ1n) is 5.58. The zero-order valence-corrected chi connectivity index (χ0v) is 11.2. The third kappa shape index (κ3) is 3.72. The number of thioether (sulfide) groups is 1. The predicted molar refractivity (Wildman–Crippen MR) is 65.3 cm³/mol. The Morgan fingerprint density at radius 1 is 1.53 bits per heavy atom. The Morgan fingerprint density at radius 2 is 2.29 bits per heavy atom. The van der Waals surface area contributed by atoms with Gasteiger partial charge in [0.1, 0.15) is 5.60 Å². The molecule has 1 unspecified atom stereocenters. The Kier molecular flexibility index (Phi) is 5.45. The first-order chi connectivity index (χ1) is 8.16. The number of hydrogen-bond acceptors (Lipinski definition) is 6. The Labute approximate surface area is 106 Å². The lowest BCUT2D eigenvalue weighted by Gasteiger charge is -2.23. The van der Waals surface area contributed by atoms with Crippen molar-refractivity contribution in [3.05, 3.63) is 11.7 Å². The van der Waals surface area contributed by atoms with Crippen LogP contribution in [0.25, 0.3) is 0 Å². The van der Waals surface area contributed by atoms with E-state index in [0.717, 1.165) is 6.42 Å². The maximum Gasteiger partial charge on any atom is 0.236 e. The van der Waals surface area contributed by atoms with Gasteiger partial charge in [0.05, 0.1) is 17.6 Å². The van der Waals surface area contributed by atoms with Gasteiger partial charge < -0.3 is 9.26 Å². The molecule has 0 aliphatic carbocycles. The highest BCUT2D eigenvalue weighted by molar-refractivity contribution is 7.98. The second-order valence-corrected chi connectivity index (χ2v) is 4.67. The van der Waals surface area contributed by atoms with Gasteiger partial charge in [0.2, 0.25) is 11.7 Å². The van der Waals surface area contributed by atoms with Crippen molar-refractivity contribution in [2.24, 2.45) is 0 Å². The summed E-state index contributed by atoms with van der Waals surface area (Å²) in [7, 11) is 0. The Balaban J connectivity index is 2.69. The van der Waals surface area contributed by atoms with Gasteiger partial charge in [-0.15, -0.1) is 11.8 Å². The van der Waals surface area contributed by atoms with Crippen molar-refractivity contribution in [3.8, 4) is 6.07 Å². The molecule has 1 atom stereocenters. The van der Waals surface area contributed by atoms with Crippen LogP contribution in [0.1, 0.15) is 38.9 Å². The summed E-state index contributed by atoms with van der Waals surface area (Å²) in [6, 6.07) is 2.05. The van der Waals surface area contributed by atoms with E-state index in [2.05, 4.69) is 16.2 Å². The molecule has 0 bridgehead atoms. The lowest BCUT2D eigenvalue weighted by atomic mass is 10.0. The summed E-state index contributed by atoms with van der Waals surface area (Å²) in [6.45, 7) is 6.53. The molecule has 1 rings (SSSR count). The van der Waals surface area contributed by atoms with E-state index in [1.54, 1.807) is 0 Å². The zero-order chi connectivity index (χ0) is 12.7. The third-order valence-corrected chi connectivity index (χ3v) is 3.26. The van der Waals surface area contributed by atoms with Crippen molar-refractivity contribution >= 4 is 11.8 Å². The van der Waals surface area contributed by atoms with Gasteiger partial charge in [0.15, 0.2) is 0 Å². The zero-order valence-electron chi connectivity index (χ0n) is 10.4. The van der Waals surface area contributed by atoms with E-state index in [-0.39, 0.29) is 0 Å². The van der Waals surface area contributed by atoms with E-state index >= 15 is 0 Å². The summed E-state index contributed by atoms with van der Waals surface area (Å²) >= 11 is 1.45.